The van der Waals surface area contributed by atoms with Gasteiger partial charge >= 0.3 is 0 Å². The number of halogens is 2. The number of nitrogens with zero attached hydrogens (tertiary/aromatic N) is 2. The van der Waals surface area contributed by atoms with Crippen LogP contribution in [0, 0.1) is 0 Å². The lowest BCUT2D eigenvalue weighted by molar-refractivity contribution is 0.409. The van der Waals surface area contributed by atoms with E-state index in [4.69, 9.17) is 32.7 Å². The fourth-order valence-corrected chi connectivity index (χ4v) is 4.29. The fourth-order valence-electron chi connectivity index (χ4n) is 2.90. The summed E-state index contributed by atoms with van der Waals surface area (Å²) < 4.78 is 39.8. The first kappa shape index (κ1) is 25.1. The molecule has 0 amide bonds. The third-order valence-electron chi connectivity index (χ3n) is 4.80. The van der Waals surface area contributed by atoms with E-state index in [9.17, 15) is 8.42 Å². The highest BCUT2D eigenvalue weighted by molar-refractivity contribution is 7.92. The van der Waals surface area contributed by atoms with E-state index in [0.29, 0.717) is 18.0 Å². The second kappa shape index (κ2) is 9.75. The number of hydrogen-bond donors (Lipinski definition) is 1. The Balaban J connectivity index is 2.02. The van der Waals surface area contributed by atoms with Crippen molar-refractivity contribution in [2.45, 2.75) is 44.4 Å². The molecule has 0 unspecified atom stereocenters. The summed E-state index contributed by atoms with van der Waals surface area (Å²) in [5, 5.41) is 0.222. The van der Waals surface area contributed by atoms with Gasteiger partial charge in [0, 0.05) is 12.5 Å². The lowest BCUT2D eigenvalue weighted by Gasteiger charge is -2.19. The Morgan fingerprint density at radius 3 is 2.27 bits per heavy atom. The number of hydrogen-bond acceptors (Lipinski definition) is 6. The maximum atomic E-state index is 13.1. The van der Waals surface area contributed by atoms with E-state index in [1.54, 1.807) is 42.5 Å². The van der Waals surface area contributed by atoms with Crippen LogP contribution in [0.2, 0.25) is 10.2 Å². The Kier molecular flexibility index (Phi) is 7.41. The molecule has 0 spiro atoms. The Morgan fingerprint density at radius 2 is 1.70 bits per heavy atom. The topological polar surface area (TPSA) is 90.4 Å². The van der Waals surface area contributed by atoms with Gasteiger partial charge in [0.2, 0.25) is 5.75 Å². The lowest BCUT2D eigenvalue weighted by atomic mass is 9.87. The number of sulfonamides is 1. The second-order valence-electron chi connectivity index (χ2n) is 8.24. The van der Waals surface area contributed by atoms with Crippen LogP contribution < -0.4 is 14.2 Å². The molecule has 3 aromatic rings. The van der Waals surface area contributed by atoms with E-state index in [1.807, 2.05) is 6.92 Å². The predicted molar refractivity (Wildman–Crippen MR) is 130 cm³/mol. The van der Waals surface area contributed by atoms with Gasteiger partial charge < -0.3 is 9.47 Å². The zero-order chi connectivity index (χ0) is 24.4. The van der Waals surface area contributed by atoms with Crippen molar-refractivity contribution in [1.29, 1.82) is 0 Å². The van der Waals surface area contributed by atoms with Crippen LogP contribution >= 0.6 is 23.2 Å². The molecular formula is C23H25Cl2N3O4S. The number of nitrogens with one attached hydrogen (secondary N) is 1. The average molecular weight is 510 g/mol. The van der Waals surface area contributed by atoms with Gasteiger partial charge in [0.15, 0.2) is 11.0 Å². The maximum absolute atomic E-state index is 13.1. The quantitative estimate of drug-likeness (QED) is 0.378. The number of aryl methyl sites for hydroxylation is 1. The van der Waals surface area contributed by atoms with Gasteiger partial charge in [-0.1, -0.05) is 63.0 Å². The van der Waals surface area contributed by atoms with Crippen LogP contribution in [0.25, 0.3) is 0 Å². The monoisotopic (exact) mass is 509 g/mol. The SMILES string of the molecule is CCc1nc(Cl)c(Oc2cc(OC)ccc2Cl)c(NS(=O)(=O)c2ccc(C(C)(C)C)cc2)n1. The third kappa shape index (κ3) is 5.88. The van der Waals surface area contributed by atoms with Crippen LogP contribution in [0.15, 0.2) is 47.4 Å². The van der Waals surface area contributed by atoms with Crippen LogP contribution in [0.1, 0.15) is 39.1 Å². The molecule has 0 saturated heterocycles. The van der Waals surface area contributed by atoms with Gasteiger partial charge in [0.1, 0.15) is 17.3 Å². The summed E-state index contributed by atoms with van der Waals surface area (Å²) in [7, 11) is -2.49. The molecule has 1 N–H and O–H groups in total. The molecule has 0 radical (unpaired) electrons. The summed E-state index contributed by atoms with van der Waals surface area (Å²) >= 11 is 12.6. The molecular weight excluding hydrogens is 485 g/mol. The molecule has 2 aromatic carbocycles. The van der Waals surface area contributed by atoms with Crippen molar-refractivity contribution in [1.82, 2.24) is 9.97 Å². The number of methoxy groups -OCH3 is 1. The van der Waals surface area contributed by atoms with Crippen molar-refractivity contribution < 1.29 is 17.9 Å². The van der Waals surface area contributed by atoms with E-state index in [0.717, 1.165) is 5.56 Å². The fraction of sp³-hybridized carbons (Fsp3) is 0.304. The summed E-state index contributed by atoms with van der Waals surface area (Å²) in [4.78, 5) is 8.56. The molecule has 0 bridgehead atoms. The number of rotatable bonds is 7. The molecule has 0 aliphatic heterocycles. The molecule has 33 heavy (non-hydrogen) atoms. The zero-order valence-corrected chi connectivity index (χ0v) is 21.3. The molecule has 1 heterocycles. The van der Waals surface area contributed by atoms with Gasteiger partial charge in [-0.15, -0.1) is 0 Å². The van der Waals surface area contributed by atoms with Crippen LogP contribution in [-0.2, 0) is 21.9 Å². The molecule has 0 atom stereocenters. The Hall–Kier alpha value is -2.55. The van der Waals surface area contributed by atoms with Crippen molar-refractivity contribution >= 4 is 39.0 Å². The van der Waals surface area contributed by atoms with Crippen molar-refractivity contribution in [3.63, 3.8) is 0 Å². The van der Waals surface area contributed by atoms with Crippen molar-refractivity contribution in [3.8, 4) is 17.2 Å². The third-order valence-corrected chi connectivity index (χ3v) is 6.72. The number of ether oxygens (including phenoxy) is 2. The summed E-state index contributed by atoms with van der Waals surface area (Å²) in [5.41, 5.74) is 0.902. The van der Waals surface area contributed by atoms with E-state index in [1.165, 1.54) is 7.11 Å². The largest absolute Gasteiger partial charge is 0.497 e. The molecule has 3 rings (SSSR count). The Bertz CT molecular complexity index is 1260. The number of benzene rings is 2. The van der Waals surface area contributed by atoms with Gasteiger partial charge in [-0.05, 0) is 35.2 Å². The molecule has 10 heteroatoms. The highest BCUT2D eigenvalue weighted by Crippen LogP contribution is 2.39. The van der Waals surface area contributed by atoms with Crippen LogP contribution in [0.5, 0.6) is 17.2 Å². The van der Waals surface area contributed by atoms with E-state index < -0.39 is 10.0 Å². The van der Waals surface area contributed by atoms with Gasteiger partial charge in [-0.2, -0.15) is 0 Å². The van der Waals surface area contributed by atoms with Crippen molar-refractivity contribution in [2.24, 2.45) is 0 Å². The van der Waals surface area contributed by atoms with E-state index in [-0.39, 0.29) is 37.8 Å². The Labute approximate surface area is 204 Å². The molecule has 0 aliphatic carbocycles. The van der Waals surface area contributed by atoms with Gasteiger partial charge in [-0.25, -0.2) is 18.4 Å². The number of anilines is 1. The summed E-state index contributed by atoms with van der Waals surface area (Å²) in [6, 6.07) is 11.5. The van der Waals surface area contributed by atoms with Crippen LogP contribution in [-0.4, -0.2) is 25.5 Å². The summed E-state index contributed by atoms with van der Waals surface area (Å²) in [6.45, 7) is 7.99. The molecule has 176 valence electrons. The summed E-state index contributed by atoms with van der Waals surface area (Å²) in [6.07, 6.45) is 0.439. The first-order chi connectivity index (χ1) is 15.4. The minimum Gasteiger partial charge on any atom is -0.497 e. The van der Waals surface area contributed by atoms with Crippen LogP contribution in [0.3, 0.4) is 0 Å². The van der Waals surface area contributed by atoms with Gasteiger partial charge in [0.25, 0.3) is 10.0 Å². The van der Waals surface area contributed by atoms with Crippen LogP contribution in [0.4, 0.5) is 5.82 Å². The maximum Gasteiger partial charge on any atom is 0.263 e. The molecule has 0 saturated carbocycles. The minimum absolute atomic E-state index is 0.0542. The molecule has 0 fully saturated rings. The normalized spacial score (nSPS) is 11.8. The first-order valence-corrected chi connectivity index (χ1v) is 12.4. The lowest BCUT2D eigenvalue weighted by Crippen LogP contribution is -2.17. The second-order valence-corrected chi connectivity index (χ2v) is 10.7. The minimum atomic E-state index is -3.99. The van der Waals surface area contributed by atoms with Crippen molar-refractivity contribution in [3.05, 3.63) is 64.0 Å². The molecule has 7 nitrogen and oxygen atoms in total. The molecule has 0 aliphatic rings. The first-order valence-electron chi connectivity index (χ1n) is 10.2. The molecule has 1 aromatic heterocycles. The van der Waals surface area contributed by atoms with Crippen molar-refractivity contribution in [2.75, 3.05) is 11.8 Å². The standard InChI is InChI=1S/C23H25Cl2N3O4S/c1-6-19-26-21(25)20(32-18-13-15(31-5)9-12-17(18)24)22(27-19)28-33(29,30)16-10-7-14(8-11-16)23(2,3)4/h7-13H,6H2,1-5H3,(H,26,27,28). The Morgan fingerprint density at radius 1 is 1.03 bits per heavy atom. The smallest absolute Gasteiger partial charge is 0.263 e. The predicted octanol–water partition coefficient (Wildman–Crippen LogP) is 6.25. The van der Waals surface area contributed by atoms with Gasteiger partial charge in [-0.3, -0.25) is 4.72 Å². The highest BCUT2D eigenvalue weighted by atomic mass is 35.5. The zero-order valence-electron chi connectivity index (χ0n) is 18.9. The highest BCUT2D eigenvalue weighted by Gasteiger charge is 2.23. The van der Waals surface area contributed by atoms with E-state index in [2.05, 4.69) is 35.5 Å². The van der Waals surface area contributed by atoms with E-state index >= 15 is 0 Å². The number of aromatic nitrogens is 2. The van der Waals surface area contributed by atoms with Gasteiger partial charge in [0.05, 0.1) is 17.0 Å². The summed E-state index contributed by atoms with van der Waals surface area (Å²) in [5.74, 6) is 0.896. The average Bonchev–Trinajstić information content (AvgIpc) is 2.76.